The molecule has 2 unspecified atom stereocenters. The second-order valence-electron chi connectivity index (χ2n) is 16.0. The van der Waals surface area contributed by atoms with Crippen LogP contribution >= 0.6 is 11.6 Å². The van der Waals surface area contributed by atoms with Crippen molar-refractivity contribution in [1.82, 2.24) is 39.2 Å². The topological polar surface area (TPSA) is 137 Å². The highest BCUT2D eigenvalue weighted by atomic mass is 35.5. The predicted molar refractivity (Wildman–Crippen MR) is 218 cm³/mol. The number of H-pyrrole nitrogens is 1. The van der Waals surface area contributed by atoms with Crippen LogP contribution in [0.3, 0.4) is 0 Å². The zero-order chi connectivity index (χ0) is 39.1. The maximum atomic E-state index is 13.5. The van der Waals surface area contributed by atoms with E-state index in [1.807, 2.05) is 49.4 Å². The van der Waals surface area contributed by atoms with E-state index in [0.29, 0.717) is 47.8 Å². The fraction of sp³-hybridized carbons (Fsp3) is 0.476. The molecule has 4 aromatic rings. The standard InChI is InChI=1S/C42H51ClN8O4S/c1-27-10-13-36-37(23-27)46-41(45-36)28(2)44-42(53)31-8-4-7-29(24-31)33-25-30(11-12-35(33)43)40-34-26-49(56(3,54)55)22-16-38(34)51(47-40)19-6-17-48-20-14-32(15-21-48)50-18-5-9-39(50)52/h4,7-8,10-13,24-25,27-28,32H,5-6,9,14-23,26H2,1-3H3,(H,44,53)(H,45,46). The number of aromatic amines is 1. The number of aromatic nitrogens is 4. The number of hydrogen-bond donors (Lipinski definition) is 2. The fourth-order valence-electron chi connectivity index (χ4n) is 8.78. The molecule has 296 valence electrons. The first-order chi connectivity index (χ1) is 26.9. The minimum Gasteiger partial charge on any atom is -0.344 e. The molecule has 1 aliphatic carbocycles. The lowest BCUT2D eigenvalue weighted by molar-refractivity contribution is -0.130. The number of amides is 2. The van der Waals surface area contributed by atoms with Gasteiger partial charge in [-0.15, -0.1) is 0 Å². The number of halogens is 1. The molecular weight excluding hydrogens is 748 g/mol. The van der Waals surface area contributed by atoms with E-state index < -0.39 is 10.0 Å². The van der Waals surface area contributed by atoms with E-state index in [1.54, 1.807) is 6.07 Å². The summed E-state index contributed by atoms with van der Waals surface area (Å²) in [4.78, 5) is 38.5. The Morgan fingerprint density at radius 2 is 1.88 bits per heavy atom. The lowest BCUT2D eigenvalue weighted by atomic mass is 9.97. The fourth-order valence-corrected chi connectivity index (χ4v) is 9.79. The first-order valence-corrected chi connectivity index (χ1v) is 22.2. The van der Waals surface area contributed by atoms with Gasteiger partial charge in [-0.3, -0.25) is 14.3 Å². The van der Waals surface area contributed by atoms with E-state index in [-0.39, 0.29) is 18.5 Å². The van der Waals surface area contributed by atoms with Crippen LogP contribution in [0.2, 0.25) is 5.02 Å². The zero-order valence-electron chi connectivity index (χ0n) is 32.4. The summed E-state index contributed by atoms with van der Waals surface area (Å²) in [6, 6.07) is 13.2. The Morgan fingerprint density at radius 3 is 2.64 bits per heavy atom. The van der Waals surface area contributed by atoms with Gasteiger partial charge >= 0.3 is 0 Å². The lowest BCUT2D eigenvalue weighted by Crippen LogP contribution is -2.45. The summed E-state index contributed by atoms with van der Waals surface area (Å²) in [5.74, 6) is 1.26. The van der Waals surface area contributed by atoms with Crippen LogP contribution in [-0.2, 0) is 40.7 Å². The molecule has 12 nitrogen and oxygen atoms in total. The Labute approximate surface area is 334 Å². The van der Waals surface area contributed by atoms with E-state index in [4.69, 9.17) is 21.7 Å². The van der Waals surface area contributed by atoms with Crippen molar-refractivity contribution in [2.45, 2.75) is 84.0 Å². The van der Waals surface area contributed by atoms with Crippen LogP contribution in [0.25, 0.3) is 28.5 Å². The van der Waals surface area contributed by atoms with Crippen LogP contribution in [0, 0.1) is 5.92 Å². The number of allylic oxidation sites excluding steroid dienone is 1. The van der Waals surface area contributed by atoms with Crippen molar-refractivity contribution in [1.29, 1.82) is 0 Å². The molecule has 5 heterocycles. The van der Waals surface area contributed by atoms with Crippen molar-refractivity contribution in [2.24, 2.45) is 5.92 Å². The molecule has 2 aromatic carbocycles. The summed E-state index contributed by atoms with van der Waals surface area (Å²) < 4.78 is 29.0. The third-order valence-electron chi connectivity index (χ3n) is 11.9. The molecule has 0 saturated carbocycles. The number of benzene rings is 2. The molecule has 2 N–H and O–H groups in total. The van der Waals surface area contributed by atoms with E-state index in [2.05, 4.69) is 37.8 Å². The van der Waals surface area contributed by atoms with Gasteiger partial charge in [0.1, 0.15) is 5.82 Å². The van der Waals surface area contributed by atoms with Crippen LogP contribution in [0.15, 0.2) is 48.5 Å². The van der Waals surface area contributed by atoms with Gasteiger partial charge in [0.25, 0.3) is 5.91 Å². The zero-order valence-corrected chi connectivity index (χ0v) is 34.0. The highest BCUT2D eigenvalue weighted by Gasteiger charge is 2.32. The molecule has 8 rings (SSSR count). The van der Waals surface area contributed by atoms with E-state index in [0.717, 1.165) is 116 Å². The van der Waals surface area contributed by atoms with Crippen molar-refractivity contribution in [2.75, 3.05) is 39.0 Å². The highest BCUT2D eigenvalue weighted by Crippen LogP contribution is 2.37. The third-order valence-corrected chi connectivity index (χ3v) is 13.5. The Balaban J connectivity index is 0.994. The summed E-state index contributed by atoms with van der Waals surface area (Å²) in [5.41, 5.74) is 7.62. The largest absolute Gasteiger partial charge is 0.344 e. The molecule has 0 bridgehead atoms. The number of piperidine rings is 1. The van der Waals surface area contributed by atoms with Crippen molar-refractivity contribution in [3.05, 3.63) is 87.6 Å². The van der Waals surface area contributed by atoms with Crippen LogP contribution in [0.1, 0.15) is 90.8 Å². The van der Waals surface area contributed by atoms with Crippen molar-refractivity contribution < 1.29 is 18.0 Å². The number of aryl methyl sites for hydroxylation is 1. The number of nitrogens with one attached hydrogen (secondary N) is 2. The minimum atomic E-state index is -3.41. The van der Waals surface area contributed by atoms with Gasteiger partial charge < -0.3 is 20.1 Å². The maximum Gasteiger partial charge on any atom is 0.251 e. The van der Waals surface area contributed by atoms with Crippen LogP contribution in [0.5, 0.6) is 0 Å². The molecule has 2 fully saturated rings. The first kappa shape index (κ1) is 38.6. The maximum absolute atomic E-state index is 13.5. The molecule has 4 aliphatic rings. The number of carbonyl (C=O) groups is 2. The van der Waals surface area contributed by atoms with Crippen molar-refractivity contribution in [3.8, 4) is 22.4 Å². The normalized spacial score (nSPS) is 20.0. The number of hydrogen-bond acceptors (Lipinski definition) is 7. The number of nitrogens with zero attached hydrogens (tertiary/aromatic N) is 6. The average Bonchev–Trinajstić information content (AvgIpc) is 3.91. The van der Waals surface area contributed by atoms with Gasteiger partial charge in [-0.1, -0.05) is 42.8 Å². The quantitative estimate of drug-likeness (QED) is 0.188. The Morgan fingerprint density at radius 1 is 1.05 bits per heavy atom. The Kier molecular flexibility index (Phi) is 11.0. The van der Waals surface area contributed by atoms with Crippen LogP contribution in [0.4, 0.5) is 0 Å². The monoisotopic (exact) mass is 798 g/mol. The van der Waals surface area contributed by atoms with Gasteiger partial charge in [0.15, 0.2) is 0 Å². The second-order valence-corrected chi connectivity index (χ2v) is 18.3. The van der Waals surface area contributed by atoms with Gasteiger partial charge in [-0.2, -0.15) is 9.40 Å². The molecule has 2 amide bonds. The number of imidazole rings is 1. The van der Waals surface area contributed by atoms with E-state index in [1.165, 1.54) is 10.6 Å². The molecular formula is C42H51ClN8O4S. The van der Waals surface area contributed by atoms with Gasteiger partial charge in [0.2, 0.25) is 15.9 Å². The summed E-state index contributed by atoms with van der Waals surface area (Å²) in [6.07, 6.45) is 11.5. The predicted octanol–water partition coefficient (Wildman–Crippen LogP) is 6.08. The second kappa shape index (κ2) is 15.9. The van der Waals surface area contributed by atoms with Crippen LogP contribution < -0.4 is 5.32 Å². The smallest absolute Gasteiger partial charge is 0.251 e. The SMILES string of the molecule is CC1C=Cc2nc(C(C)NC(=O)c3cccc(-c4cc(-c5nn(CCCN6CCC(N7CCCC7=O)CC6)c6c5CN(S(C)(=O)=O)CC6)ccc4Cl)c3)[nH]c2C1. The molecule has 0 spiro atoms. The first-order valence-electron chi connectivity index (χ1n) is 19.9. The molecule has 0 radical (unpaired) electrons. The number of sulfonamides is 1. The summed E-state index contributed by atoms with van der Waals surface area (Å²) in [5, 5.41) is 8.78. The lowest BCUT2D eigenvalue weighted by Gasteiger charge is -2.36. The number of likely N-dealkylation sites (tertiary alicyclic amines) is 2. The molecule has 56 heavy (non-hydrogen) atoms. The molecule has 14 heteroatoms. The summed E-state index contributed by atoms with van der Waals surface area (Å²) >= 11 is 6.85. The Bertz CT molecular complexity index is 2270. The molecule has 3 aliphatic heterocycles. The summed E-state index contributed by atoms with van der Waals surface area (Å²) in [7, 11) is -3.41. The third kappa shape index (κ3) is 8.09. The van der Waals surface area contributed by atoms with Crippen LogP contribution in [-0.4, -0.2) is 99.1 Å². The van der Waals surface area contributed by atoms with E-state index >= 15 is 0 Å². The number of fused-ring (bicyclic) bond motifs is 2. The highest BCUT2D eigenvalue weighted by molar-refractivity contribution is 7.88. The van der Waals surface area contributed by atoms with Crippen molar-refractivity contribution in [3.63, 3.8) is 0 Å². The molecule has 2 atom stereocenters. The average molecular weight is 799 g/mol. The Hall–Kier alpha value is -4.30. The van der Waals surface area contributed by atoms with Crippen molar-refractivity contribution >= 4 is 39.5 Å². The molecule has 2 saturated heterocycles. The van der Waals surface area contributed by atoms with E-state index in [9.17, 15) is 18.0 Å². The number of carbonyl (C=O) groups excluding carboxylic acids is 2. The molecule has 2 aromatic heterocycles. The van der Waals surface area contributed by atoms with Gasteiger partial charge in [0, 0.05) is 96.8 Å². The van der Waals surface area contributed by atoms with Gasteiger partial charge in [-0.25, -0.2) is 13.4 Å². The van der Waals surface area contributed by atoms with Gasteiger partial charge in [0.05, 0.1) is 23.7 Å². The van der Waals surface area contributed by atoms with Gasteiger partial charge in [-0.05, 0) is 87.4 Å². The summed E-state index contributed by atoms with van der Waals surface area (Å²) in [6.45, 7) is 9.29. The number of rotatable bonds is 11. The minimum absolute atomic E-state index is 0.218.